The number of rotatable bonds is 4. The fourth-order valence-electron chi connectivity index (χ4n) is 1.41. The molecule has 1 aromatic rings. The summed E-state index contributed by atoms with van der Waals surface area (Å²) in [6.07, 6.45) is 2.95. The van der Waals surface area contributed by atoms with Crippen molar-refractivity contribution in [2.75, 3.05) is 11.9 Å². The molecule has 0 radical (unpaired) electrons. The van der Waals surface area contributed by atoms with Crippen LogP contribution in [0.2, 0.25) is 0 Å². The molecule has 0 aliphatic heterocycles. The summed E-state index contributed by atoms with van der Waals surface area (Å²) >= 11 is 0. The molecule has 0 saturated carbocycles. The Morgan fingerprint density at radius 3 is 2.44 bits per heavy atom. The SMILES string of the molecule is CCC(C)(C)N(C)c1ccc([C@@H](C)N)cn1. The van der Waals surface area contributed by atoms with Crippen LogP contribution < -0.4 is 10.6 Å². The highest BCUT2D eigenvalue weighted by Gasteiger charge is 2.22. The summed E-state index contributed by atoms with van der Waals surface area (Å²) in [7, 11) is 2.08. The van der Waals surface area contributed by atoms with Crippen molar-refractivity contribution in [3.8, 4) is 0 Å². The summed E-state index contributed by atoms with van der Waals surface area (Å²) in [5.74, 6) is 0.997. The van der Waals surface area contributed by atoms with E-state index in [1.54, 1.807) is 0 Å². The number of nitrogens with two attached hydrogens (primary N) is 1. The second-order valence-electron chi connectivity index (χ2n) is 4.96. The van der Waals surface area contributed by atoms with E-state index in [0.717, 1.165) is 17.8 Å². The Balaban J connectivity index is 2.90. The Labute approximate surface area is 98.7 Å². The van der Waals surface area contributed by atoms with Gasteiger partial charge in [-0.2, -0.15) is 0 Å². The Bertz CT molecular complexity index is 328. The second kappa shape index (κ2) is 4.83. The molecule has 3 heteroatoms. The van der Waals surface area contributed by atoms with Crippen molar-refractivity contribution in [2.24, 2.45) is 5.73 Å². The van der Waals surface area contributed by atoms with Crippen molar-refractivity contribution < 1.29 is 0 Å². The van der Waals surface area contributed by atoms with Crippen LogP contribution in [0.15, 0.2) is 18.3 Å². The Morgan fingerprint density at radius 2 is 2.06 bits per heavy atom. The van der Waals surface area contributed by atoms with Crippen LogP contribution in [-0.2, 0) is 0 Å². The molecule has 0 spiro atoms. The van der Waals surface area contributed by atoms with Gasteiger partial charge >= 0.3 is 0 Å². The molecule has 90 valence electrons. The van der Waals surface area contributed by atoms with Gasteiger partial charge in [0.05, 0.1) is 0 Å². The van der Waals surface area contributed by atoms with Gasteiger partial charge in [-0.3, -0.25) is 0 Å². The molecular weight excluding hydrogens is 198 g/mol. The first-order valence-corrected chi connectivity index (χ1v) is 5.84. The topological polar surface area (TPSA) is 42.1 Å². The van der Waals surface area contributed by atoms with E-state index in [1.807, 2.05) is 19.2 Å². The molecule has 1 aromatic heterocycles. The second-order valence-corrected chi connectivity index (χ2v) is 4.96. The summed E-state index contributed by atoms with van der Waals surface area (Å²) in [6, 6.07) is 4.14. The number of nitrogens with zero attached hydrogens (tertiary/aromatic N) is 2. The van der Waals surface area contributed by atoms with Crippen LogP contribution in [-0.4, -0.2) is 17.6 Å². The van der Waals surface area contributed by atoms with Crippen LogP contribution in [0.3, 0.4) is 0 Å². The molecule has 0 saturated heterocycles. The smallest absolute Gasteiger partial charge is 0.128 e. The minimum Gasteiger partial charge on any atom is -0.355 e. The van der Waals surface area contributed by atoms with Gasteiger partial charge in [0.25, 0.3) is 0 Å². The standard InChI is InChI=1S/C13H23N3/c1-6-13(3,4)16(5)12-8-7-11(9-15-12)10(2)14/h7-10H,6,14H2,1-5H3/t10-/m1/s1. The molecule has 0 aliphatic carbocycles. The van der Waals surface area contributed by atoms with Gasteiger partial charge in [0.2, 0.25) is 0 Å². The Hall–Kier alpha value is -1.09. The molecule has 0 aliphatic rings. The third-order valence-corrected chi connectivity index (χ3v) is 3.41. The summed E-state index contributed by atoms with van der Waals surface area (Å²) in [4.78, 5) is 6.67. The summed E-state index contributed by atoms with van der Waals surface area (Å²) in [6.45, 7) is 8.59. The molecule has 1 atom stereocenters. The van der Waals surface area contributed by atoms with Crippen molar-refractivity contribution in [3.05, 3.63) is 23.9 Å². The molecule has 0 fully saturated rings. The monoisotopic (exact) mass is 221 g/mol. The van der Waals surface area contributed by atoms with Gasteiger partial charge in [-0.25, -0.2) is 4.98 Å². The Morgan fingerprint density at radius 1 is 1.44 bits per heavy atom. The molecule has 1 heterocycles. The van der Waals surface area contributed by atoms with E-state index in [0.29, 0.717) is 0 Å². The molecule has 0 bridgehead atoms. The molecule has 0 unspecified atom stereocenters. The van der Waals surface area contributed by atoms with Crippen molar-refractivity contribution >= 4 is 5.82 Å². The van der Waals surface area contributed by atoms with Gasteiger partial charge in [0, 0.05) is 24.8 Å². The average molecular weight is 221 g/mol. The third kappa shape index (κ3) is 2.73. The predicted molar refractivity (Wildman–Crippen MR) is 69.6 cm³/mol. The summed E-state index contributed by atoms with van der Waals surface area (Å²) < 4.78 is 0. The maximum absolute atomic E-state index is 5.80. The van der Waals surface area contributed by atoms with Crippen LogP contribution >= 0.6 is 0 Å². The van der Waals surface area contributed by atoms with Crippen LogP contribution in [0.25, 0.3) is 0 Å². The van der Waals surface area contributed by atoms with E-state index in [1.165, 1.54) is 0 Å². The van der Waals surface area contributed by atoms with Crippen LogP contribution in [0.1, 0.15) is 45.7 Å². The van der Waals surface area contributed by atoms with Crippen LogP contribution in [0, 0.1) is 0 Å². The first kappa shape index (κ1) is 13.0. The zero-order valence-corrected chi connectivity index (χ0v) is 11.0. The summed E-state index contributed by atoms with van der Waals surface area (Å²) in [5, 5.41) is 0. The fourth-order valence-corrected chi connectivity index (χ4v) is 1.41. The number of anilines is 1. The first-order chi connectivity index (χ1) is 7.38. The fraction of sp³-hybridized carbons (Fsp3) is 0.615. The summed E-state index contributed by atoms with van der Waals surface area (Å²) in [5.41, 5.74) is 7.00. The van der Waals surface area contributed by atoms with E-state index >= 15 is 0 Å². The molecule has 1 rings (SSSR count). The number of pyridine rings is 1. The number of aromatic nitrogens is 1. The number of hydrogen-bond acceptors (Lipinski definition) is 3. The highest BCUT2D eigenvalue weighted by Crippen LogP contribution is 2.23. The molecule has 0 amide bonds. The van der Waals surface area contributed by atoms with E-state index in [9.17, 15) is 0 Å². The van der Waals surface area contributed by atoms with Gasteiger partial charge in [0.15, 0.2) is 0 Å². The van der Waals surface area contributed by atoms with E-state index in [4.69, 9.17) is 5.73 Å². The van der Waals surface area contributed by atoms with E-state index in [-0.39, 0.29) is 11.6 Å². The van der Waals surface area contributed by atoms with Crippen molar-refractivity contribution in [1.82, 2.24) is 4.98 Å². The molecule has 2 N–H and O–H groups in total. The lowest BCUT2D eigenvalue weighted by Gasteiger charge is -2.35. The lowest BCUT2D eigenvalue weighted by molar-refractivity contribution is 0.467. The molecule has 3 nitrogen and oxygen atoms in total. The quantitative estimate of drug-likeness (QED) is 0.850. The van der Waals surface area contributed by atoms with E-state index in [2.05, 4.69) is 43.8 Å². The maximum atomic E-state index is 5.80. The van der Waals surface area contributed by atoms with Crippen molar-refractivity contribution in [2.45, 2.75) is 45.7 Å². The van der Waals surface area contributed by atoms with Crippen LogP contribution in [0.4, 0.5) is 5.82 Å². The van der Waals surface area contributed by atoms with Crippen molar-refractivity contribution in [3.63, 3.8) is 0 Å². The molecular formula is C13H23N3. The minimum atomic E-state index is 0.0473. The van der Waals surface area contributed by atoms with Gasteiger partial charge in [-0.05, 0) is 38.8 Å². The third-order valence-electron chi connectivity index (χ3n) is 3.41. The van der Waals surface area contributed by atoms with Crippen molar-refractivity contribution in [1.29, 1.82) is 0 Å². The minimum absolute atomic E-state index is 0.0473. The van der Waals surface area contributed by atoms with Gasteiger partial charge in [-0.1, -0.05) is 13.0 Å². The first-order valence-electron chi connectivity index (χ1n) is 5.84. The molecule has 0 aromatic carbocycles. The molecule has 16 heavy (non-hydrogen) atoms. The van der Waals surface area contributed by atoms with Gasteiger partial charge in [0.1, 0.15) is 5.82 Å². The zero-order chi connectivity index (χ0) is 12.3. The lowest BCUT2D eigenvalue weighted by Crippen LogP contribution is -2.41. The average Bonchev–Trinajstić information content (AvgIpc) is 2.28. The van der Waals surface area contributed by atoms with Gasteiger partial charge < -0.3 is 10.6 Å². The predicted octanol–water partition coefficient (Wildman–Crippen LogP) is 2.73. The normalized spacial score (nSPS) is 13.6. The zero-order valence-electron chi connectivity index (χ0n) is 11.0. The number of hydrogen-bond donors (Lipinski definition) is 1. The van der Waals surface area contributed by atoms with E-state index < -0.39 is 0 Å². The largest absolute Gasteiger partial charge is 0.355 e. The Kier molecular flexibility index (Phi) is 3.92. The van der Waals surface area contributed by atoms with Gasteiger partial charge in [-0.15, -0.1) is 0 Å². The highest BCUT2D eigenvalue weighted by molar-refractivity contribution is 5.41. The lowest BCUT2D eigenvalue weighted by atomic mass is 10.00. The highest BCUT2D eigenvalue weighted by atomic mass is 15.2. The van der Waals surface area contributed by atoms with Crippen LogP contribution in [0.5, 0.6) is 0 Å². The maximum Gasteiger partial charge on any atom is 0.128 e.